The molecule has 3 rings (SSSR count). The molecule has 0 aliphatic heterocycles. The van der Waals surface area contributed by atoms with Crippen molar-refractivity contribution in [2.45, 2.75) is 77.0 Å². The van der Waals surface area contributed by atoms with E-state index in [0.29, 0.717) is 0 Å². The number of hydrogen-bond acceptors (Lipinski definition) is 3. The number of hydrogen-bond donors (Lipinski definition) is 1. The van der Waals surface area contributed by atoms with Gasteiger partial charge >= 0.3 is 0 Å². The lowest BCUT2D eigenvalue weighted by Crippen LogP contribution is -2.31. The van der Waals surface area contributed by atoms with Crippen molar-refractivity contribution in [3.8, 4) is 11.5 Å². The molecule has 2 saturated carbocycles. The molecule has 28 heavy (non-hydrogen) atoms. The zero-order valence-corrected chi connectivity index (χ0v) is 18.2. The maximum atomic E-state index is 5.42. The molecule has 0 bridgehead atoms. The van der Waals surface area contributed by atoms with E-state index in [1.54, 1.807) is 14.2 Å². The van der Waals surface area contributed by atoms with Crippen LogP contribution < -0.4 is 14.8 Å². The quantitative estimate of drug-likeness (QED) is 0.499. The van der Waals surface area contributed by atoms with Gasteiger partial charge in [0.1, 0.15) is 0 Å². The van der Waals surface area contributed by atoms with Gasteiger partial charge in [-0.1, -0.05) is 70.3 Å². The number of benzene rings is 1. The van der Waals surface area contributed by atoms with Crippen molar-refractivity contribution in [1.82, 2.24) is 5.32 Å². The van der Waals surface area contributed by atoms with Gasteiger partial charge in [-0.2, -0.15) is 0 Å². The lowest BCUT2D eigenvalue weighted by atomic mass is 9.68. The summed E-state index contributed by atoms with van der Waals surface area (Å²) >= 11 is 0. The number of rotatable bonds is 10. The Balaban J connectivity index is 1.44. The predicted octanol–water partition coefficient (Wildman–Crippen LogP) is 6.00. The Hall–Kier alpha value is -1.22. The summed E-state index contributed by atoms with van der Waals surface area (Å²) in [7, 11) is 3.39. The molecule has 0 spiro atoms. The van der Waals surface area contributed by atoms with E-state index in [9.17, 15) is 0 Å². The molecular formula is C25H41NO2. The molecule has 0 aromatic heterocycles. The van der Waals surface area contributed by atoms with Gasteiger partial charge in [-0.25, -0.2) is 0 Å². The van der Waals surface area contributed by atoms with Gasteiger partial charge in [0.25, 0.3) is 0 Å². The molecule has 158 valence electrons. The van der Waals surface area contributed by atoms with E-state index in [1.807, 2.05) is 6.07 Å². The highest BCUT2D eigenvalue weighted by molar-refractivity contribution is 5.42. The molecule has 2 aliphatic carbocycles. The monoisotopic (exact) mass is 387 g/mol. The summed E-state index contributed by atoms with van der Waals surface area (Å²) in [5, 5.41) is 3.74. The molecule has 2 aliphatic rings. The van der Waals surface area contributed by atoms with Crippen molar-refractivity contribution in [3.63, 3.8) is 0 Å². The third-order valence-electron chi connectivity index (χ3n) is 7.20. The van der Waals surface area contributed by atoms with Crippen LogP contribution in [0.1, 0.15) is 76.2 Å². The second kappa shape index (κ2) is 11.7. The normalized spacial score (nSPS) is 19.1. The minimum absolute atomic E-state index is 0.807. The first-order valence-corrected chi connectivity index (χ1v) is 11.7. The van der Waals surface area contributed by atoms with E-state index >= 15 is 0 Å². The molecule has 3 heteroatoms. The van der Waals surface area contributed by atoms with Gasteiger partial charge in [-0.05, 0) is 61.4 Å². The summed E-state index contributed by atoms with van der Waals surface area (Å²) in [4.78, 5) is 0. The van der Waals surface area contributed by atoms with Crippen LogP contribution in [0.3, 0.4) is 0 Å². The van der Waals surface area contributed by atoms with Crippen LogP contribution in [0.4, 0.5) is 0 Å². The third kappa shape index (κ3) is 6.14. The fraction of sp³-hybridized carbons (Fsp3) is 0.760. The van der Waals surface area contributed by atoms with Gasteiger partial charge in [-0.3, -0.25) is 0 Å². The van der Waals surface area contributed by atoms with Crippen molar-refractivity contribution in [1.29, 1.82) is 0 Å². The Morgan fingerprint density at radius 2 is 1.43 bits per heavy atom. The van der Waals surface area contributed by atoms with E-state index in [1.165, 1.54) is 82.7 Å². The minimum atomic E-state index is 0.807. The molecule has 0 atom stereocenters. The smallest absolute Gasteiger partial charge is 0.160 e. The number of ether oxygens (including phenoxy) is 2. The number of methoxy groups -OCH3 is 2. The van der Waals surface area contributed by atoms with Gasteiger partial charge in [0, 0.05) is 0 Å². The highest BCUT2D eigenvalue weighted by atomic mass is 16.5. The zero-order chi connectivity index (χ0) is 19.6. The number of nitrogens with one attached hydrogen (secondary N) is 1. The fourth-order valence-electron chi connectivity index (χ4n) is 5.64. The maximum absolute atomic E-state index is 5.42. The second-order valence-electron chi connectivity index (χ2n) is 8.94. The van der Waals surface area contributed by atoms with Gasteiger partial charge < -0.3 is 14.8 Å². The van der Waals surface area contributed by atoms with Crippen LogP contribution >= 0.6 is 0 Å². The lowest BCUT2D eigenvalue weighted by Gasteiger charge is -2.38. The first-order valence-electron chi connectivity index (χ1n) is 11.7. The van der Waals surface area contributed by atoms with Gasteiger partial charge in [0.05, 0.1) is 14.2 Å². The first kappa shape index (κ1) is 21.5. The Bertz CT molecular complexity index is 544. The summed E-state index contributed by atoms with van der Waals surface area (Å²) in [6, 6.07) is 6.26. The molecule has 0 saturated heterocycles. The van der Waals surface area contributed by atoms with E-state index in [0.717, 1.165) is 42.2 Å². The van der Waals surface area contributed by atoms with Crippen LogP contribution in [0.2, 0.25) is 0 Å². The summed E-state index contributed by atoms with van der Waals surface area (Å²) in [6.07, 6.45) is 17.2. The van der Waals surface area contributed by atoms with Crippen LogP contribution in [0.15, 0.2) is 18.2 Å². The van der Waals surface area contributed by atoms with Gasteiger partial charge in [-0.15, -0.1) is 0 Å². The van der Waals surface area contributed by atoms with Crippen LogP contribution in [0, 0.1) is 17.8 Å². The average Bonchev–Trinajstić information content (AvgIpc) is 2.77. The van der Waals surface area contributed by atoms with Crippen molar-refractivity contribution in [2.75, 3.05) is 27.3 Å². The fourth-order valence-corrected chi connectivity index (χ4v) is 5.64. The summed E-state index contributed by atoms with van der Waals surface area (Å²) < 4.78 is 10.8. The minimum Gasteiger partial charge on any atom is -0.493 e. The molecular weight excluding hydrogens is 346 g/mol. The molecule has 1 N–H and O–H groups in total. The first-order chi connectivity index (χ1) is 13.8. The summed E-state index contributed by atoms with van der Waals surface area (Å²) in [6.45, 7) is 2.21. The van der Waals surface area contributed by atoms with E-state index in [-0.39, 0.29) is 0 Å². The Morgan fingerprint density at radius 1 is 0.821 bits per heavy atom. The second-order valence-corrected chi connectivity index (χ2v) is 8.94. The molecule has 0 heterocycles. The molecule has 0 amide bonds. The Kier molecular flexibility index (Phi) is 8.98. The average molecular weight is 388 g/mol. The lowest BCUT2D eigenvalue weighted by molar-refractivity contribution is 0.134. The zero-order valence-electron chi connectivity index (χ0n) is 18.2. The highest BCUT2D eigenvalue weighted by Gasteiger charge is 2.30. The SMILES string of the molecule is COc1ccc(CCNCCC(C2CCCCC2)C2CCCCC2)cc1OC. The van der Waals surface area contributed by atoms with Crippen molar-refractivity contribution in [2.24, 2.45) is 17.8 Å². The standard InChI is InChI=1S/C25H41NO2/c1-27-24-14-13-20(19-25(24)28-2)15-17-26-18-16-23(21-9-5-3-6-10-21)22-11-7-4-8-12-22/h13-14,19,21-23,26H,3-12,15-18H2,1-2H3. The van der Waals surface area contributed by atoms with Crippen LogP contribution in [0.25, 0.3) is 0 Å². The van der Waals surface area contributed by atoms with Crippen LogP contribution in [0.5, 0.6) is 11.5 Å². The van der Waals surface area contributed by atoms with Crippen LogP contribution in [-0.2, 0) is 6.42 Å². The Morgan fingerprint density at radius 3 is 2.00 bits per heavy atom. The van der Waals surface area contributed by atoms with Crippen molar-refractivity contribution >= 4 is 0 Å². The third-order valence-corrected chi connectivity index (χ3v) is 7.20. The summed E-state index contributed by atoms with van der Waals surface area (Å²) in [5.41, 5.74) is 1.31. The van der Waals surface area contributed by atoms with Crippen molar-refractivity contribution < 1.29 is 9.47 Å². The van der Waals surface area contributed by atoms with Gasteiger partial charge in [0.2, 0.25) is 0 Å². The molecule has 1 aromatic carbocycles. The van der Waals surface area contributed by atoms with E-state index in [4.69, 9.17) is 9.47 Å². The van der Waals surface area contributed by atoms with Gasteiger partial charge in [0.15, 0.2) is 11.5 Å². The predicted molar refractivity (Wildman–Crippen MR) is 117 cm³/mol. The van der Waals surface area contributed by atoms with E-state index in [2.05, 4.69) is 17.4 Å². The largest absolute Gasteiger partial charge is 0.493 e. The topological polar surface area (TPSA) is 30.5 Å². The van der Waals surface area contributed by atoms with Crippen LogP contribution in [-0.4, -0.2) is 27.3 Å². The molecule has 0 radical (unpaired) electrons. The molecule has 2 fully saturated rings. The maximum Gasteiger partial charge on any atom is 0.160 e. The molecule has 1 aromatic rings. The summed E-state index contributed by atoms with van der Waals surface area (Å²) in [5.74, 6) is 4.61. The molecule has 0 unspecified atom stereocenters. The highest BCUT2D eigenvalue weighted by Crippen LogP contribution is 2.41. The Labute approximate surface area is 172 Å². The van der Waals surface area contributed by atoms with E-state index < -0.39 is 0 Å². The van der Waals surface area contributed by atoms with Crippen molar-refractivity contribution in [3.05, 3.63) is 23.8 Å². The molecule has 3 nitrogen and oxygen atoms in total.